The van der Waals surface area contributed by atoms with Gasteiger partial charge in [-0.2, -0.15) is 26.3 Å². The summed E-state index contributed by atoms with van der Waals surface area (Å²) in [6.07, 6.45) is -16.6. The maximum absolute atomic E-state index is 12.6. The van der Waals surface area contributed by atoms with Crippen LogP contribution in [-0.2, 0) is 4.74 Å². The fourth-order valence-electron chi connectivity index (χ4n) is 4.02. The lowest BCUT2D eigenvalue weighted by molar-refractivity contribution is -0.324. The second kappa shape index (κ2) is 10.9. The molecule has 1 saturated heterocycles. The highest BCUT2D eigenvalue weighted by atomic mass is 19.4. The van der Waals surface area contributed by atoms with Gasteiger partial charge >= 0.3 is 12.4 Å². The van der Waals surface area contributed by atoms with E-state index in [-0.39, 0.29) is 12.6 Å². The monoisotopic (exact) mass is 476 g/mol. The van der Waals surface area contributed by atoms with Crippen LogP contribution in [0.3, 0.4) is 0 Å². The van der Waals surface area contributed by atoms with Gasteiger partial charge in [0.25, 0.3) is 0 Å². The van der Waals surface area contributed by atoms with E-state index in [1.165, 1.54) is 0 Å². The molecule has 1 aliphatic rings. The van der Waals surface area contributed by atoms with E-state index in [0.717, 1.165) is 11.1 Å². The Labute approximate surface area is 188 Å². The number of nitrogens with zero attached hydrogens (tertiary/aromatic N) is 2. The van der Waals surface area contributed by atoms with Crippen molar-refractivity contribution < 1.29 is 36.2 Å². The Morgan fingerprint density at radius 3 is 1.64 bits per heavy atom. The molecule has 0 bridgehead atoms. The zero-order valence-corrected chi connectivity index (χ0v) is 17.8. The number of aliphatic hydroxyl groups excluding tert-OH is 1. The highest BCUT2D eigenvalue weighted by Crippen LogP contribution is 2.35. The highest BCUT2D eigenvalue weighted by Gasteiger charge is 2.58. The van der Waals surface area contributed by atoms with E-state index in [1.54, 1.807) is 0 Å². The summed E-state index contributed by atoms with van der Waals surface area (Å²) in [6, 6.07) is 19.9. The molecule has 2 aromatic rings. The van der Waals surface area contributed by atoms with Gasteiger partial charge in [-0.1, -0.05) is 60.7 Å². The van der Waals surface area contributed by atoms with Gasteiger partial charge in [0.2, 0.25) is 6.10 Å². The van der Waals surface area contributed by atoms with Gasteiger partial charge in [0, 0.05) is 32.7 Å². The minimum absolute atomic E-state index is 0.0159. The molecule has 0 radical (unpaired) electrons. The summed E-state index contributed by atoms with van der Waals surface area (Å²) in [5, 5.41) is 10.00. The van der Waals surface area contributed by atoms with E-state index in [0.29, 0.717) is 26.2 Å². The molecule has 0 unspecified atom stereocenters. The molecule has 1 aliphatic heterocycles. The van der Waals surface area contributed by atoms with Crippen molar-refractivity contribution in [1.29, 1.82) is 0 Å². The molecule has 3 rings (SSSR count). The van der Waals surface area contributed by atoms with E-state index >= 15 is 0 Å². The summed E-state index contributed by atoms with van der Waals surface area (Å²) in [6.45, 7) is 1.13. The molecule has 1 N–H and O–H groups in total. The predicted molar refractivity (Wildman–Crippen MR) is 111 cm³/mol. The van der Waals surface area contributed by atoms with Crippen LogP contribution in [0.4, 0.5) is 26.3 Å². The summed E-state index contributed by atoms with van der Waals surface area (Å²) in [7, 11) is 0. The van der Waals surface area contributed by atoms with E-state index in [2.05, 4.69) is 9.64 Å². The van der Waals surface area contributed by atoms with E-state index in [1.807, 2.05) is 65.6 Å². The fraction of sp³-hybridized carbons (Fsp3) is 0.478. The molecule has 0 aromatic heterocycles. The van der Waals surface area contributed by atoms with Gasteiger partial charge in [0.1, 0.15) is 0 Å². The van der Waals surface area contributed by atoms with Crippen LogP contribution in [0.5, 0.6) is 0 Å². The molecule has 182 valence electrons. The zero-order chi connectivity index (χ0) is 24.1. The Morgan fingerprint density at radius 2 is 1.21 bits per heavy atom. The number of β-amino-alcohol motifs (C(OH)–C–C–N with tert-alkyl or cyclic N) is 1. The molecule has 33 heavy (non-hydrogen) atoms. The molecule has 0 spiro atoms. The number of hydrogen-bond donors (Lipinski definition) is 1. The minimum Gasteiger partial charge on any atom is -0.389 e. The molecule has 1 fully saturated rings. The summed E-state index contributed by atoms with van der Waals surface area (Å²) in [5.74, 6) is 0. The van der Waals surface area contributed by atoms with Gasteiger partial charge in [-0.3, -0.25) is 9.80 Å². The average molecular weight is 476 g/mol. The second-order valence-corrected chi connectivity index (χ2v) is 8.01. The number of aliphatic hydroxyl groups is 1. The zero-order valence-electron chi connectivity index (χ0n) is 17.8. The van der Waals surface area contributed by atoms with Crippen molar-refractivity contribution in [3.05, 3.63) is 71.8 Å². The molecular weight excluding hydrogens is 450 g/mol. The summed E-state index contributed by atoms with van der Waals surface area (Å²) in [4.78, 5) is 4.08. The average Bonchev–Trinajstić information content (AvgIpc) is 2.75. The first kappa shape index (κ1) is 25.5. The Morgan fingerprint density at radius 1 is 0.758 bits per heavy atom. The van der Waals surface area contributed by atoms with Crippen molar-refractivity contribution in [2.75, 3.05) is 39.3 Å². The van der Waals surface area contributed by atoms with E-state index in [9.17, 15) is 31.4 Å². The number of ether oxygens (including phenoxy) is 1. The van der Waals surface area contributed by atoms with Gasteiger partial charge in [0.05, 0.1) is 18.8 Å². The maximum Gasteiger partial charge on any atom is 0.423 e. The topological polar surface area (TPSA) is 35.9 Å². The van der Waals surface area contributed by atoms with Crippen LogP contribution in [0.1, 0.15) is 17.2 Å². The van der Waals surface area contributed by atoms with Gasteiger partial charge < -0.3 is 9.84 Å². The maximum atomic E-state index is 12.6. The molecule has 0 saturated carbocycles. The SMILES string of the molecule is O[C@@H](COC(C(F)(F)F)C(F)(F)F)CN1CCN(C(c2ccccc2)c2ccccc2)CC1. The first-order valence-corrected chi connectivity index (χ1v) is 10.5. The third kappa shape index (κ3) is 7.17. The fourth-order valence-corrected chi connectivity index (χ4v) is 4.02. The van der Waals surface area contributed by atoms with Gasteiger partial charge in [0.15, 0.2) is 0 Å². The number of halogens is 6. The van der Waals surface area contributed by atoms with Crippen molar-refractivity contribution in [2.45, 2.75) is 30.6 Å². The lowest BCUT2D eigenvalue weighted by atomic mass is 9.96. The minimum atomic E-state index is -5.59. The third-order valence-corrected chi connectivity index (χ3v) is 5.52. The number of rotatable bonds is 8. The predicted octanol–water partition coefficient (Wildman–Crippen LogP) is 4.26. The second-order valence-electron chi connectivity index (χ2n) is 8.01. The lowest BCUT2D eigenvalue weighted by Gasteiger charge is -2.40. The quantitative estimate of drug-likeness (QED) is 0.578. The molecule has 0 aliphatic carbocycles. The summed E-state index contributed by atoms with van der Waals surface area (Å²) >= 11 is 0. The van der Waals surface area contributed by atoms with Crippen LogP contribution in [0.15, 0.2) is 60.7 Å². The molecule has 4 nitrogen and oxygen atoms in total. The van der Waals surface area contributed by atoms with Crippen LogP contribution >= 0.6 is 0 Å². The third-order valence-electron chi connectivity index (χ3n) is 5.52. The van der Waals surface area contributed by atoms with Crippen LogP contribution in [0.25, 0.3) is 0 Å². The van der Waals surface area contributed by atoms with Crippen molar-refractivity contribution in [3.8, 4) is 0 Å². The largest absolute Gasteiger partial charge is 0.423 e. The van der Waals surface area contributed by atoms with Crippen molar-refractivity contribution in [1.82, 2.24) is 9.80 Å². The molecule has 1 atom stereocenters. The molecule has 1 heterocycles. The molecule has 2 aromatic carbocycles. The van der Waals surface area contributed by atoms with Crippen molar-refractivity contribution >= 4 is 0 Å². The summed E-state index contributed by atoms with van der Waals surface area (Å²) < 4.78 is 79.5. The first-order valence-electron chi connectivity index (χ1n) is 10.5. The van der Waals surface area contributed by atoms with E-state index in [4.69, 9.17) is 0 Å². The van der Waals surface area contributed by atoms with Crippen LogP contribution in [0, 0.1) is 0 Å². The number of hydrogen-bond acceptors (Lipinski definition) is 4. The Kier molecular flexibility index (Phi) is 8.38. The van der Waals surface area contributed by atoms with Gasteiger partial charge in [-0.05, 0) is 11.1 Å². The molecule has 10 heteroatoms. The van der Waals surface area contributed by atoms with Crippen LogP contribution in [0.2, 0.25) is 0 Å². The molecule has 0 amide bonds. The smallest absolute Gasteiger partial charge is 0.389 e. The highest BCUT2D eigenvalue weighted by molar-refractivity contribution is 5.31. The normalized spacial score (nSPS) is 17.6. The van der Waals surface area contributed by atoms with E-state index < -0.39 is 31.2 Å². The number of alkyl halides is 6. The number of benzene rings is 2. The van der Waals surface area contributed by atoms with Gasteiger partial charge in [-0.15, -0.1) is 0 Å². The molecular formula is C23H26F6N2O2. The standard InChI is InChI=1S/C23H26F6N2O2/c24-22(25,26)21(23(27,28)29)33-16-19(32)15-30-11-13-31(14-12-30)20(17-7-3-1-4-8-17)18-9-5-2-6-10-18/h1-10,19-21,32H,11-16H2/t19-/m1/s1. The Hall–Kier alpha value is -2.14. The Balaban J connectivity index is 1.56. The van der Waals surface area contributed by atoms with Crippen molar-refractivity contribution in [3.63, 3.8) is 0 Å². The lowest BCUT2D eigenvalue weighted by Crippen LogP contribution is -2.51. The number of piperazine rings is 1. The van der Waals surface area contributed by atoms with Crippen molar-refractivity contribution in [2.24, 2.45) is 0 Å². The van der Waals surface area contributed by atoms with Gasteiger partial charge in [-0.25, -0.2) is 0 Å². The summed E-state index contributed by atoms with van der Waals surface area (Å²) in [5.41, 5.74) is 2.24. The first-order chi connectivity index (χ1) is 15.6. The Bertz CT molecular complexity index is 786. The van der Waals surface area contributed by atoms with Crippen LogP contribution < -0.4 is 0 Å². The van der Waals surface area contributed by atoms with Crippen LogP contribution in [-0.4, -0.2) is 78.8 Å².